The van der Waals surface area contributed by atoms with Crippen molar-refractivity contribution in [1.82, 2.24) is 10.2 Å². The number of anilines is 1. The van der Waals surface area contributed by atoms with Gasteiger partial charge in [0.25, 0.3) is 0 Å². The van der Waals surface area contributed by atoms with E-state index in [1.54, 1.807) is 27.7 Å². The summed E-state index contributed by atoms with van der Waals surface area (Å²) in [4.78, 5) is 14.6. The number of carbonyl (C=O) groups excluding carboxylic acids is 1. The van der Waals surface area contributed by atoms with Crippen molar-refractivity contribution in [2.24, 2.45) is 0 Å². The molecule has 1 heterocycles. The van der Waals surface area contributed by atoms with Crippen molar-refractivity contribution < 1.29 is 19.6 Å². The van der Waals surface area contributed by atoms with Crippen LogP contribution in [0.3, 0.4) is 0 Å². The Balaban J connectivity index is 2.43. The van der Waals surface area contributed by atoms with E-state index in [-0.39, 0.29) is 0 Å². The predicted octanol–water partition coefficient (Wildman–Crippen LogP) is 1.04. The summed E-state index contributed by atoms with van der Waals surface area (Å²) in [5.41, 5.74) is 3.86. The third kappa shape index (κ3) is 5.45. The molecule has 1 aliphatic rings. The number of hydrogen-bond donors (Lipinski definition) is 4. The Bertz CT molecular complexity index is 695. The van der Waals surface area contributed by atoms with Crippen LogP contribution < -0.4 is 16.1 Å². The lowest BCUT2D eigenvalue weighted by Crippen LogP contribution is -2.44. The van der Waals surface area contributed by atoms with Crippen LogP contribution in [-0.4, -0.2) is 59.9 Å². The number of nitrogens with one attached hydrogen (secondary N) is 2. The molecule has 8 heteroatoms. The molecule has 7 nitrogen and oxygen atoms in total. The van der Waals surface area contributed by atoms with Crippen LogP contribution in [0.25, 0.3) is 0 Å². The quantitative estimate of drug-likeness (QED) is 0.586. The predicted molar refractivity (Wildman–Crippen MR) is 108 cm³/mol. The van der Waals surface area contributed by atoms with Crippen LogP contribution in [0.4, 0.5) is 10.5 Å². The second-order valence-electron chi connectivity index (χ2n) is 8.17. The lowest BCUT2D eigenvalue weighted by Gasteiger charge is -2.30. The molecule has 0 unspecified atom stereocenters. The SMILES string of the molecule is Cc1c(CN2CCNCC2)c(C)c(B(O)O)c(C)c1NC(=O)OC(C)(C)C. The first kappa shape index (κ1) is 21.7. The van der Waals surface area contributed by atoms with Crippen LogP contribution in [0.15, 0.2) is 0 Å². The van der Waals surface area contributed by atoms with Crippen molar-refractivity contribution >= 4 is 24.4 Å². The number of rotatable bonds is 4. The van der Waals surface area contributed by atoms with Gasteiger partial charge in [-0.2, -0.15) is 0 Å². The third-order valence-corrected chi connectivity index (χ3v) is 4.94. The van der Waals surface area contributed by atoms with Crippen molar-refractivity contribution in [3.05, 3.63) is 22.3 Å². The molecule has 0 spiro atoms. The van der Waals surface area contributed by atoms with E-state index in [2.05, 4.69) is 15.5 Å². The number of nitrogens with zero attached hydrogens (tertiary/aromatic N) is 1. The lowest BCUT2D eigenvalue weighted by atomic mass is 9.71. The summed E-state index contributed by atoms with van der Waals surface area (Å²) in [7, 11) is -1.61. The molecule has 1 aromatic carbocycles. The van der Waals surface area contributed by atoms with Crippen LogP contribution in [-0.2, 0) is 11.3 Å². The number of ether oxygens (including phenoxy) is 1. The van der Waals surface area contributed by atoms with Gasteiger partial charge in [-0.05, 0) is 69.3 Å². The smallest absolute Gasteiger partial charge is 0.444 e. The molecule has 0 atom stereocenters. The number of carbonyl (C=O) groups is 1. The van der Waals surface area contributed by atoms with Crippen LogP contribution >= 0.6 is 0 Å². The maximum absolute atomic E-state index is 12.3. The third-order valence-electron chi connectivity index (χ3n) is 4.94. The molecule has 1 fully saturated rings. The van der Waals surface area contributed by atoms with Gasteiger partial charge in [0.15, 0.2) is 0 Å². The fourth-order valence-electron chi connectivity index (χ4n) is 3.60. The standard InChI is InChI=1S/C19H32BN3O4/c1-12-15(11-23-9-7-21-8-10-23)13(2)17(14(3)16(12)20(25)26)22-18(24)27-19(4,5)6/h21,25-26H,7-11H2,1-6H3,(H,22,24). The molecule has 0 aromatic heterocycles. The zero-order valence-corrected chi connectivity index (χ0v) is 17.3. The first-order chi connectivity index (χ1) is 12.5. The summed E-state index contributed by atoms with van der Waals surface area (Å²) in [5.74, 6) is 0. The van der Waals surface area contributed by atoms with Gasteiger partial charge in [-0.1, -0.05) is 0 Å². The Morgan fingerprint density at radius 3 is 2.26 bits per heavy atom. The molecular formula is C19H32BN3O4. The summed E-state index contributed by atoms with van der Waals surface area (Å²) in [5, 5.41) is 26.0. The van der Waals surface area contributed by atoms with E-state index in [4.69, 9.17) is 4.74 Å². The highest BCUT2D eigenvalue weighted by Gasteiger charge is 2.27. The van der Waals surface area contributed by atoms with E-state index >= 15 is 0 Å². The zero-order chi connectivity index (χ0) is 20.4. The molecule has 4 N–H and O–H groups in total. The van der Waals surface area contributed by atoms with E-state index in [1.165, 1.54) is 0 Å². The molecule has 1 saturated heterocycles. The normalized spacial score (nSPS) is 15.6. The number of amides is 1. The van der Waals surface area contributed by atoms with Gasteiger partial charge in [0.1, 0.15) is 5.60 Å². The minimum atomic E-state index is -1.61. The molecule has 0 bridgehead atoms. The van der Waals surface area contributed by atoms with E-state index in [0.29, 0.717) is 23.3 Å². The molecule has 1 aromatic rings. The Hall–Kier alpha value is -1.61. The second-order valence-corrected chi connectivity index (χ2v) is 8.17. The second kappa shape index (κ2) is 8.60. The van der Waals surface area contributed by atoms with Gasteiger partial charge in [-0.15, -0.1) is 0 Å². The minimum Gasteiger partial charge on any atom is -0.444 e. The molecule has 150 valence electrons. The molecule has 0 radical (unpaired) electrons. The highest BCUT2D eigenvalue weighted by atomic mass is 16.6. The maximum atomic E-state index is 12.3. The summed E-state index contributed by atoms with van der Waals surface area (Å²) in [6.07, 6.45) is -0.552. The van der Waals surface area contributed by atoms with Gasteiger partial charge in [-0.3, -0.25) is 10.2 Å². The van der Waals surface area contributed by atoms with E-state index in [9.17, 15) is 14.8 Å². The highest BCUT2D eigenvalue weighted by Crippen LogP contribution is 2.28. The summed E-state index contributed by atoms with van der Waals surface area (Å²) in [6.45, 7) is 15.5. The number of piperazine rings is 1. The molecule has 0 aliphatic carbocycles. The topological polar surface area (TPSA) is 94.1 Å². The van der Waals surface area contributed by atoms with E-state index in [0.717, 1.165) is 42.9 Å². The van der Waals surface area contributed by atoms with Crippen molar-refractivity contribution in [3.8, 4) is 0 Å². The Morgan fingerprint density at radius 2 is 1.74 bits per heavy atom. The van der Waals surface area contributed by atoms with Gasteiger partial charge in [0.2, 0.25) is 0 Å². The fourth-order valence-corrected chi connectivity index (χ4v) is 3.60. The van der Waals surface area contributed by atoms with Crippen LogP contribution in [0.5, 0.6) is 0 Å². The number of benzene rings is 1. The Kier molecular flexibility index (Phi) is 6.91. The Morgan fingerprint density at radius 1 is 1.15 bits per heavy atom. The largest absolute Gasteiger partial charge is 0.489 e. The first-order valence-corrected chi connectivity index (χ1v) is 9.43. The van der Waals surface area contributed by atoms with E-state index in [1.807, 2.05) is 13.8 Å². The monoisotopic (exact) mass is 377 g/mol. The molecule has 2 rings (SSSR count). The van der Waals surface area contributed by atoms with Crippen LogP contribution in [0, 0.1) is 20.8 Å². The summed E-state index contributed by atoms with van der Waals surface area (Å²) >= 11 is 0. The molecule has 1 amide bonds. The average molecular weight is 377 g/mol. The summed E-state index contributed by atoms with van der Waals surface area (Å²) in [6, 6.07) is 0. The first-order valence-electron chi connectivity index (χ1n) is 9.43. The van der Waals surface area contributed by atoms with Gasteiger partial charge in [0, 0.05) is 38.4 Å². The van der Waals surface area contributed by atoms with Gasteiger partial charge in [-0.25, -0.2) is 4.79 Å². The zero-order valence-electron chi connectivity index (χ0n) is 17.3. The molecule has 1 aliphatic heterocycles. The Labute approximate surface area is 162 Å². The highest BCUT2D eigenvalue weighted by molar-refractivity contribution is 6.60. The fraction of sp³-hybridized carbons (Fsp3) is 0.632. The van der Waals surface area contributed by atoms with Crippen LogP contribution in [0.1, 0.15) is 43.0 Å². The van der Waals surface area contributed by atoms with Crippen molar-refractivity contribution in [2.45, 2.75) is 53.7 Å². The molecular weight excluding hydrogens is 345 g/mol. The summed E-state index contributed by atoms with van der Waals surface area (Å²) < 4.78 is 5.38. The van der Waals surface area contributed by atoms with Gasteiger partial charge < -0.3 is 20.1 Å². The minimum absolute atomic E-state index is 0.441. The van der Waals surface area contributed by atoms with Crippen molar-refractivity contribution in [1.29, 1.82) is 0 Å². The maximum Gasteiger partial charge on any atom is 0.489 e. The lowest BCUT2D eigenvalue weighted by molar-refractivity contribution is 0.0635. The van der Waals surface area contributed by atoms with Crippen molar-refractivity contribution in [3.63, 3.8) is 0 Å². The molecule has 27 heavy (non-hydrogen) atoms. The van der Waals surface area contributed by atoms with E-state index < -0.39 is 18.8 Å². The number of hydrogen-bond acceptors (Lipinski definition) is 6. The van der Waals surface area contributed by atoms with Crippen LogP contribution in [0.2, 0.25) is 0 Å². The van der Waals surface area contributed by atoms with Gasteiger partial charge >= 0.3 is 13.2 Å². The average Bonchev–Trinajstić information content (AvgIpc) is 2.54. The molecule has 0 saturated carbocycles. The van der Waals surface area contributed by atoms with Gasteiger partial charge in [0.05, 0.1) is 0 Å². The van der Waals surface area contributed by atoms with Crippen molar-refractivity contribution in [2.75, 3.05) is 31.5 Å².